The number of anilines is 2. The monoisotopic (exact) mass is 395 g/mol. The molecule has 0 bridgehead atoms. The van der Waals surface area contributed by atoms with Crippen LogP contribution in [0.25, 0.3) is 5.57 Å². The predicted octanol–water partition coefficient (Wildman–Crippen LogP) is 1.97. The minimum Gasteiger partial charge on any atom is -0.396 e. The minimum absolute atomic E-state index is 0.0378. The molecule has 2 rings (SSSR count). The Bertz CT molecular complexity index is 844. The van der Waals surface area contributed by atoms with Crippen LogP contribution in [0.15, 0.2) is 41.4 Å². The average molecular weight is 395 g/mol. The lowest BCUT2D eigenvalue weighted by Crippen LogP contribution is -2.26. The number of nitrogens with two attached hydrogens (primary N) is 1. The summed E-state index contributed by atoms with van der Waals surface area (Å²) in [5, 5.41) is 8.24. The van der Waals surface area contributed by atoms with E-state index in [2.05, 4.69) is 37.5 Å². The van der Waals surface area contributed by atoms with E-state index in [-0.39, 0.29) is 35.5 Å². The lowest BCUT2D eigenvalue weighted by molar-refractivity contribution is -0.118. The van der Waals surface area contributed by atoms with Crippen LogP contribution in [0, 0.1) is 0 Å². The average Bonchev–Trinajstić information content (AvgIpc) is 2.70. The number of carbonyl (C=O) groups excluding carboxylic acids is 1. The van der Waals surface area contributed by atoms with E-state index in [1.54, 1.807) is 0 Å². The number of alkyl halides is 3. The summed E-state index contributed by atoms with van der Waals surface area (Å²) in [6.45, 7) is 5.67. The molecule has 0 aliphatic carbocycles. The first kappa shape index (κ1) is 20.9. The van der Waals surface area contributed by atoms with Crippen molar-refractivity contribution in [3.05, 3.63) is 42.1 Å². The summed E-state index contributed by atoms with van der Waals surface area (Å²) in [6.07, 6.45) is -0.114. The third-order valence-corrected chi connectivity index (χ3v) is 3.54. The molecule has 1 aliphatic rings. The number of hydrogen-bond acceptors (Lipinski definition) is 7. The van der Waals surface area contributed by atoms with Crippen LogP contribution in [0.5, 0.6) is 0 Å². The second kappa shape index (κ2) is 9.02. The van der Waals surface area contributed by atoms with Crippen molar-refractivity contribution < 1.29 is 18.0 Å². The maximum atomic E-state index is 13.1. The Morgan fingerprint density at radius 2 is 2.14 bits per heavy atom. The van der Waals surface area contributed by atoms with Gasteiger partial charge in [-0.05, 0) is 12.0 Å². The number of aliphatic imine (C=N–C) groups is 1. The van der Waals surface area contributed by atoms with Crippen LogP contribution in [-0.2, 0) is 4.79 Å². The topological polar surface area (TPSA) is 117 Å². The van der Waals surface area contributed by atoms with Gasteiger partial charge in [-0.2, -0.15) is 13.2 Å². The zero-order chi connectivity index (χ0) is 20.7. The number of allylic oxidation sites excluding steroid dienone is 3. The molecule has 1 aliphatic heterocycles. The molecule has 0 fully saturated rings. The van der Waals surface area contributed by atoms with Crippen LogP contribution in [0.3, 0.4) is 0 Å². The van der Waals surface area contributed by atoms with Gasteiger partial charge in [-0.3, -0.25) is 4.79 Å². The fraction of sp³-hybridized carbons (Fsp3) is 0.294. The third-order valence-electron chi connectivity index (χ3n) is 3.54. The number of aromatic nitrogens is 2. The molecule has 5 N–H and O–H groups in total. The number of nitrogen functional groups attached to an aromatic ring is 1. The second-order valence-electron chi connectivity index (χ2n) is 5.79. The smallest absolute Gasteiger partial charge is 0.396 e. The lowest BCUT2D eigenvalue weighted by Gasteiger charge is -2.12. The van der Waals surface area contributed by atoms with Gasteiger partial charge in [0.2, 0.25) is 11.9 Å². The van der Waals surface area contributed by atoms with Gasteiger partial charge in [0.25, 0.3) is 0 Å². The molecule has 0 atom stereocenters. The first-order valence-electron chi connectivity index (χ1n) is 8.24. The van der Waals surface area contributed by atoms with E-state index in [1.165, 1.54) is 19.3 Å². The Hall–Kier alpha value is -3.37. The maximum Gasteiger partial charge on any atom is 0.417 e. The summed E-state index contributed by atoms with van der Waals surface area (Å²) < 4.78 is 39.3. The Morgan fingerprint density at radius 3 is 2.82 bits per heavy atom. The molecule has 0 unspecified atom stereocenters. The maximum absolute atomic E-state index is 13.1. The molecule has 0 saturated carbocycles. The summed E-state index contributed by atoms with van der Waals surface area (Å²) in [5.41, 5.74) is 5.90. The van der Waals surface area contributed by atoms with Crippen LogP contribution in [-0.4, -0.2) is 41.4 Å². The van der Waals surface area contributed by atoms with E-state index < -0.39 is 11.7 Å². The van der Waals surface area contributed by atoms with Crippen molar-refractivity contribution in [1.82, 2.24) is 20.6 Å². The first-order chi connectivity index (χ1) is 13.2. The molecule has 0 radical (unpaired) electrons. The zero-order valence-corrected chi connectivity index (χ0v) is 15.1. The molecule has 8 nitrogen and oxygen atoms in total. The summed E-state index contributed by atoms with van der Waals surface area (Å²) in [4.78, 5) is 22.8. The minimum atomic E-state index is -4.55. The molecule has 2 heterocycles. The van der Waals surface area contributed by atoms with Crippen molar-refractivity contribution in [1.29, 1.82) is 0 Å². The van der Waals surface area contributed by atoms with E-state index in [4.69, 9.17) is 5.73 Å². The van der Waals surface area contributed by atoms with Gasteiger partial charge in [-0.25, -0.2) is 15.0 Å². The number of hydrogen-bond donors (Lipinski definition) is 4. The number of nitrogens with one attached hydrogen (secondary N) is 3. The van der Waals surface area contributed by atoms with Gasteiger partial charge in [-0.15, -0.1) is 0 Å². The van der Waals surface area contributed by atoms with Gasteiger partial charge in [0, 0.05) is 32.4 Å². The van der Waals surface area contributed by atoms with Crippen molar-refractivity contribution in [2.45, 2.75) is 19.5 Å². The van der Waals surface area contributed by atoms with E-state index >= 15 is 0 Å². The Labute approximate surface area is 159 Å². The molecular weight excluding hydrogens is 375 g/mol. The Kier molecular flexibility index (Phi) is 6.74. The van der Waals surface area contributed by atoms with E-state index in [0.29, 0.717) is 24.9 Å². The quantitative estimate of drug-likeness (QED) is 0.567. The SMILES string of the molecule is C=C1/N=C\C(C(F)(F)F)=C/C/C(c2nc(NCCNC(C)=O)ncc2N)=C\N1. The molecule has 150 valence electrons. The zero-order valence-electron chi connectivity index (χ0n) is 15.1. The molecule has 1 aromatic rings. The van der Waals surface area contributed by atoms with Crippen molar-refractivity contribution >= 4 is 29.3 Å². The summed E-state index contributed by atoms with van der Waals surface area (Å²) in [6, 6.07) is 0. The third kappa shape index (κ3) is 6.11. The molecule has 28 heavy (non-hydrogen) atoms. The first-order valence-corrected chi connectivity index (χ1v) is 8.24. The van der Waals surface area contributed by atoms with Crippen molar-refractivity contribution in [3.8, 4) is 0 Å². The van der Waals surface area contributed by atoms with Crippen LogP contribution < -0.4 is 21.7 Å². The molecule has 0 spiro atoms. The number of halogens is 3. The highest BCUT2D eigenvalue weighted by atomic mass is 19.4. The number of carbonyl (C=O) groups is 1. The van der Waals surface area contributed by atoms with Crippen LogP contribution in [0.1, 0.15) is 19.0 Å². The number of rotatable bonds is 5. The molecular formula is C17H20F3N7O. The van der Waals surface area contributed by atoms with Crippen molar-refractivity contribution in [3.63, 3.8) is 0 Å². The van der Waals surface area contributed by atoms with E-state index in [1.807, 2.05) is 0 Å². The fourth-order valence-electron chi connectivity index (χ4n) is 2.19. The van der Waals surface area contributed by atoms with Gasteiger partial charge in [0.05, 0.1) is 23.2 Å². The number of amides is 1. The van der Waals surface area contributed by atoms with Gasteiger partial charge < -0.3 is 21.7 Å². The summed E-state index contributed by atoms with van der Waals surface area (Å²) in [5.74, 6) is 0.0958. The van der Waals surface area contributed by atoms with E-state index in [9.17, 15) is 18.0 Å². The second-order valence-corrected chi connectivity index (χ2v) is 5.79. The van der Waals surface area contributed by atoms with Crippen LogP contribution in [0.2, 0.25) is 0 Å². The number of nitrogens with zero attached hydrogens (tertiary/aromatic N) is 3. The Morgan fingerprint density at radius 1 is 1.39 bits per heavy atom. The predicted molar refractivity (Wildman–Crippen MR) is 101 cm³/mol. The standard InChI is InChI=1S/C17H20F3N7O/c1-10-24-7-12(3-4-13(8-25-10)17(18,19)20)15-14(21)9-26-16(27-15)23-6-5-22-11(2)28/h4,7-9,24H,1,3,5-6,21H2,2H3,(H,22,28)(H,23,26,27)/b12-7+,13-4+,25-8-. The molecule has 1 aromatic heterocycles. The van der Waals surface area contributed by atoms with Crippen LogP contribution >= 0.6 is 0 Å². The van der Waals surface area contributed by atoms with Gasteiger partial charge in [0.15, 0.2) is 0 Å². The lowest BCUT2D eigenvalue weighted by atomic mass is 10.1. The normalized spacial score (nSPS) is 19.6. The highest BCUT2D eigenvalue weighted by molar-refractivity contribution is 5.83. The molecule has 11 heteroatoms. The highest BCUT2D eigenvalue weighted by Crippen LogP contribution is 2.29. The highest BCUT2D eigenvalue weighted by Gasteiger charge is 2.32. The molecule has 0 aromatic carbocycles. The van der Waals surface area contributed by atoms with Gasteiger partial charge in [-0.1, -0.05) is 12.7 Å². The van der Waals surface area contributed by atoms with Crippen LogP contribution in [0.4, 0.5) is 24.8 Å². The summed E-state index contributed by atoms with van der Waals surface area (Å²) >= 11 is 0. The summed E-state index contributed by atoms with van der Waals surface area (Å²) in [7, 11) is 0. The van der Waals surface area contributed by atoms with Gasteiger partial charge >= 0.3 is 6.18 Å². The Balaban J connectivity index is 2.26. The van der Waals surface area contributed by atoms with Crippen molar-refractivity contribution in [2.24, 2.45) is 4.99 Å². The fourth-order valence-corrected chi connectivity index (χ4v) is 2.19. The van der Waals surface area contributed by atoms with Gasteiger partial charge in [0.1, 0.15) is 5.82 Å². The molecule has 0 saturated heterocycles. The largest absolute Gasteiger partial charge is 0.417 e. The molecule has 1 amide bonds. The van der Waals surface area contributed by atoms with Crippen molar-refractivity contribution in [2.75, 3.05) is 24.1 Å². The van der Waals surface area contributed by atoms with E-state index in [0.717, 1.165) is 6.08 Å².